The van der Waals surface area contributed by atoms with E-state index in [4.69, 9.17) is 0 Å². The quantitative estimate of drug-likeness (QED) is 0.748. The van der Waals surface area contributed by atoms with E-state index in [9.17, 15) is 9.90 Å². The van der Waals surface area contributed by atoms with E-state index in [2.05, 4.69) is 4.99 Å². The van der Waals surface area contributed by atoms with Crippen molar-refractivity contribution in [3.8, 4) is 5.75 Å². The summed E-state index contributed by atoms with van der Waals surface area (Å²) in [5.41, 5.74) is 1.51. The number of rotatable bonds is 1. The molecule has 0 fully saturated rings. The average molecular weight is 293 g/mol. The minimum absolute atomic E-state index is 0.184. The molecule has 21 heavy (non-hydrogen) atoms. The molecule has 1 aliphatic heterocycles. The van der Waals surface area contributed by atoms with E-state index in [1.807, 2.05) is 49.4 Å². The first kappa shape index (κ1) is 12.3. The molecule has 0 radical (unpaired) electrons. The zero-order valence-electron chi connectivity index (χ0n) is 11.3. The number of hydrogen-bond acceptors (Lipinski definition) is 3. The largest absolute Gasteiger partial charge is 0.506 e. The van der Waals surface area contributed by atoms with Crippen molar-refractivity contribution < 1.29 is 9.90 Å². The summed E-state index contributed by atoms with van der Waals surface area (Å²) < 4.78 is 0.979. The van der Waals surface area contributed by atoms with Gasteiger partial charge in [-0.3, -0.25) is 4.79 Å². The molecule has 2 aromatic carbocycles. The van der Waals surface area contributed by atoms with Crippen LogP contribution in [0.25, 0.3) is 15.7 Å². The number of carbonyl (C=O) groups is 1. The lowest BCUT2D eigenvalue weighted by atomic mass is 10.1. The highest BCUT2D eigenvalue weighted by Gasteiger charge is 2.24. The van der Waals surface area contributed by atoms with Gasteiger partial charge in [-0.2, -0.15) is 0 Å². The van der Waals surface area contributed by atoms with E-state index in [-0.39, 0.29) is 11.7 Å². The van der Waals surface area contributed by atoms with E-state index >= 15 is 0 Å². The van der Waals surface area contributed by atoms with Crippen molar-refractivity contribution in [1.29, 1.82) is 0 Å². The Bertz CT molecular complexity index is 1030. The zero-order valence-corrected chi connectivity index (χ0v) is 12.1. The molecular formula is C17H11NO2S. The SMILES string of the molecule is Cc1cccc2sc(C3=c4ccccc4=NC3=O)c(O)c12. The van der Waals surface area contributed by atoms with Gasteiger partial charge in [0.1, 0.15) is 5.75 Å². The molecule has 0 spiro atoms. The molecule has 3 aromatic rings. The van der Waals surface area contributed by atoms with Gasteiger partial charge in [0.05, 0.1) is 15.8 Å². The van der Waals surface area contributed by atoms with Gasteiger partial charge >= 0.3 is 0 Å². The Hall–Kier alpha value is -2.46. The summed E-state index contributed by atoms with van der Waals surface area (Å²) in [7, 11) is 0. The van der Waals surface area contributed by atoms with E-state index in [1.165, 1.54) is 11.3 Å². The van der Waals surface area contributed by atoms with Crippen LogP contribution in [0.4, 0.5) is 0 Å². The third-order valence-electron chi connectivity index (χ3n) is 3.73. The molecule has 1 aliphatic rings. The predicted molar refractivity (Wildman–Crippen MR) is 83.0 cm³/mol. The van der Waals surface area contributed by atoms with Crippen LogP contribution in [0.3, 0.4) is 0 Å². The van der Waals surface area contributed by atoms with Gasteiger partial charge in [-0.1, -0.05) is 30.3 Å². The van der Waals surface area contributed by atoms with Crippen LogP contribution in [0.5, 0.6) is 5.75 Å². The van der Waals surface area contributed by atoms with Gasteiger partial charge in [0.2, 0.25) is 0 Å². The Balaban J connectivity index is 2.14. The number of nitrogens with zero attached hydrogens (tertiary/aromatic N) is 1. The molecule has 0 aliphatic carbocycles. The fraction of sp³-hybridized carbons (Fsp3) is 0.0588. The van der Waals surface area contributed by atoms with Crippen molar-refractivity contribution in [1.82, 2.24) is 0 Å². The Morgan fingerprint density at radius 1 is 1.10 bits per heavy atom. The molecule has 0 saturated carbocycles. The van der Waals surface area contributed by atoms with Crippen LogP contribution in [-0.4, -0.2) is 11.0 Å². The molecule has 4 rings (SSSR count). The van der Waals surface area contributed by atoms with Gasteiger partial charge in [-0.15, -0.1) is 11.3 Å². The summed E-state index contributed by atoms with van der Waals surface area (Å²) in [5, 5.41) is 12.9. The van der Waals surface area contributed by atoms with Crippen molar-refractivity contribution in [3.63, 3.8) is 0 Å². The molecule has 1 amide bonds. The topological polar surface area (TPSA) is 49.7 Å². The monoisotopic (exact) mass is 293 g/mol. The standard InChI is InChI=1S/C17H11NO2S/c1-9-5-4-8-12-13(9)15(19)16(21-12)14-10-6-2-3-7-11(10)18-17(14)20/h2-8,19H,1H3. The normalized spacial score (nSPS) is 13.6. The first-order valence-corrected chi connectivity index (χ1v) is 7.42. The molecule has 4 heteroatoms. The molecular weight excluding hydrogens is 282 g/mol. The Labute approximate surface area is 124 Å². The number of amides is 1. The van der Waals surface area contributed by atoms with Gasteiger partial charge in [-0.05, 0) is 24.6 Å². The maximum Gasteiger partial charge on any atom is 0.279 e. The summed E-state index contributed by atoms with van der Waals surface area (Å²) >= 11 is 1.43. The number of benzene rings is 2. The minimum Gasteiger partial charge on any atom is -0.506 e. The third kappa shape index (κ3) is 1.66. The lowest BCUT2D eigenvalue weighted by Crippen LogP contribution is -2.22. The third-order valence-corrected chi connectivity index (χ3v) is 4.90. The molecule has 1 aromatic heterocycles. The maximum absolute atomic E-state index is 12.2. The Morgan fingerprint density at radius 3 is 2.71 bits per heavy atom. The van der Waals surface area contributed by atoms with Crippen LogP contribution in [0.15, 0.2) is 47.5 Å². The molecule has 1 N–H and O–H groups in total. The smallest absolute Gasteiger partial charge is 0.279 e. The lowest BCUT2D eigenvalue weighted by Gasteiger charge is -1.99. The highest BCUT2D eigenvalue weighted by molar-refractivity contribution is 7.20. The van der Waals surface area contributed by atoms with Gasteiger partial charge in [0.15, 0.2) is 0 Å². The number of hydrogen-bond donors (Lipinski definition) is 1. The summed E-state index contributed by atoms with van der Waals surface area (Å²) in [6.07, 6.45) is 0. The summed E-state index contributed by atoms with van der Waals surface area (Å²) in [6.45, 7) is 1.96. The first-order valence-electron chi connectivity index (χ1n) is 6.60. The van der Waals surface area contributed by atoms with Crippen molar-refractivity contribution in [3.05, 3.63) is 63.5 Å². The van der Waals surface area contributed by atoms with Crippen LogP contribution in [0, 0.1) is 6.92 Å². The molecule has 3 nitrogen and oxygen atoms in total. The Kier molecular flexibility index (Phi) is 2.50. The fourth-order valence-corrected chi connectivity index (χ4v) is 3.98. The molecule has 102 valence electrons. The van der Waals surface area contributed by atoms with Crippen LogP contribution < -0.4 is 10.6 Å². The molecule has 0 bridgehead atoms. The Morgan fingerprint density at radius 2 is 1.90 bits per heavy atom. The molecule has 0 saturated heterocycles. The maximum atomic E-state index is 12.2. The van der Waals surface area contributed by atoms with Crippen LogP contribution >= 0.6 is 11.3 Å². The van der Waals surface area contributed by atoms with E-state index in [1.54, 1.807) is 0 Å². The van der Waals surface area contributed by atoms with Crippen LogP contribution in [-0.2, 0) is 4.79 Å². The number of aryl methyl sites for hydroxylation is 1. The van der Waals surface area contributed by atoms with Crippen molar-refractivity contribution in [2.75, 3.05) is 0 Å². The van der Waals surface area contributed by atoms with Crippen molar-refractivity contribution in [2.45, 2.75) is 6.92 Å². The van der Waals surface area contributed by atoms with E-state index in [0.29, 0.717) is 15.8 Å². The predicted octanol–water partition coefficient (Wildman–Crippen LogP) is 2.27. The van der Waals surface area contributed by atoms with E-state index in [0.717, 1.165) is 20.9 Å². The number of thiophene rings is 1. The number of fused-ring (bicyclic) bond motifs is 2. The molecule has 2 heterocycles. The van der Waals surface area contributed by atoms with Gasteiger partial charge in [0, 0.05) is 15.3 Å². The minimum atomic E-state index is -0.282. The van der Waals surface area contributed by atoms with Gasteiger partial charge < -0.3 is 5.11 Å². The molecule has 0 unspecified atom stereocenters. The van der Waals surface area contributed by atoms with Gasteiger partial charge in [-0.25, -0.2) is 4.99 Å². The second-order valence-electron chi connectivity index (χ2n) is 5.04. The van der Waals surface area contributed by atoms with Crippen LogP contribution in [0.2, 0.25) is 0 Å². The first-order chi connectivity index (χ1) is 10.2. The van der Waals surface area contributed by atoms with Crippen LogP contribution in [0.1, 0.15) is 10.4 Å². The number of aromatic hydroxyl groups is 1. The van der Waals surface area contributed by atoms with E-state index < -0.39 is 0 Å². The fourth-order valence-electron chi connectivity index (χ4n) is 2.75. The summed E-state index contributed by atoms with van der Waals surface area (Å²) in [4.78, 5) is 16.9. The summed E-state index contributed by atoms with van der Waals surface area (Å²) in [6, 6.07) is 13.3. The second-order valence-corrected chi connectivity index (χ2v) is 6.09. The molecule has 0 atom stereocenters. The number of carbonyl (C=O) groups excluding carboxylic acids is 1. The average Bonchev–Trinajstić information content (AvgIpc) is 2.96. The van der Waals surface area contributed by atoms with Crippen molar-refractivity contribution in [2.24, 2.45) is 4.99 Å². The zero-order chi connectivity index (χ0) is 14.6. The highest BCUT2D eigenvalue weighted by Crippen LogP contribution is 2.42. The second kappa shape index (κ2) is 4.27. The number of para-hydroxylation sites is 1. The summed E-state index contributed by atoms with van der Waals surface area (Å²) in [5.74, 6) is -0.0981. The highest BCUT2D eigenvalue weighted by atomic mass is 32.1. The lowest BCUT2D eigenvalue weighted by molar-refractivity contribution is -0.112. The van der Waals surface area contributed by atoms with Gasteiger partial charge in [0.25, 0.3) is 5.91 Å². The van der Waals surface area contributed by atoms with Crippen molar-refractivity contribution >= 4 is 32.9 Å².